The summed E-state index contributed by atoms with van der Waals surface area (Å²) in [5.41, 5.74) is 0.895. The smallest absolute Gasteiger partial charge is 0.339 e. The number of likely N-dealkylation sites (tertiary alicyclic amines) is 1. The first kappa shape index (κ1) is 18.2. The molecule has 1 saturated heterocycles. The number of ether oxygens (including phenoxy) is 1. The minimum absolute atomic E-state index is 0.000856. The Morgan fingerprint density at radius 2 is 2.17 bits per heavy atom. The van der Waals surface area contributed by atoms with Gasteiger partial charge in [0.2, 0.25) is 0 Å². The standard InChI is InChI=1S/C17H25N3O4/c1-4-5-10-24-13(3)16(21)19-8-6-14(7-9-19)20-12(2)15(11-18-20)17(22)23/h4,11,13-14H,1,5-10H2,2-3H3,(H,22,23). The Hall–Kier alpha value is -2.15. The molecular weight excluding hydrogens is 310 g/mol. The molecule has 0 bridgehead atoms. The minimum Gasteiger partial charge on any atom is -0.478 e. The average molecular weight is 335 g/mol. The molecule has 2 rings (SSSR count). The van der Waals surface area contributed by atoms with E-state index in [4.69, 9.17) is 9.84 Å². The van der Waals surface area contributed by atoms with Crippen LogP contribution in [0.2, 0.25) is 0 Å². The highest BCUT2D eigenvalue weighted by Crippen LogP contribution is 2.25. The zero-order chi connectivity index (χ0) is 17.7. The Balaban J connectivity index is 1.90. The second-order valence-corrected chi connectivity index (χ2v) is 6.04. The van der Waals surface area contributed by atoms with Crippen molar-refractivity contribution in [2.75, 3.05) is 19.7 Å². The summed E-state index contributed by atoms with van der Waals surface area (Å²) < 4.78 is 7.29. The Labute approximate surface area is 141 Å². The van der Waals surface area contributed by atoms with Crippen molar-refractivity contribution < 1.29 is 19.4 Å². The van der Waals surface area contributed by atoms with E-state index in [1.165, 1.54) is 6.20 Å². The fourth-order valence-electron chi connectivity index (χ4n) is 2.99. The predicted molar refractivity (Wildman–Crippen MR) is 89.0 cm³/mol. The van der Waals surface area contributed by atoms with Crippen LogP contribution in [0.1, 0.15) is 48.3 Å². The first-order chi connectivity index (χ1) is 11.5. The van der Waals surface area contributed by atoms with Crippen LogP contribution in [0.25, 0.3) is 0 Å². The number of piperidine rings is 1. The van der Waals surface area contributed by atoms with Gasteiger partial charge in [-0.2, -0.15) is 5.10 Å². The van der Waals surface area contributed by atoms with Gasteiger partial charge in [-0.15, -0.1) is 6.58 Å². The molecule has 1 atom stereocenters. The van der Waals surface area contributed by atoms with Gasteiger partial charge in [0.1, 0.15) is 11.7 Å². The summed E-state index contributed by atoms with van der Waals surface area (Å²) in [5, 5.41) is 13.3. The number of amides is 1. The maximum atomic E-state index is 12.4. The monoisotopic (exact) mass is 335 g/mol. The number of nitrogens with zero attached hydrogens (tertiary/aromatic N) is 3. The number of carbonyl (C=O) groups is 2. The van der Waals surface area contributed by atoms with Crippen LogP contribution in [-0.2, 0) is 9.53 Å². The molecule has 1 amide bonds. The van der Waals surface area contributed by atoms with Crippen molar-refractivity contribution >= 4 is 11.9 Å². The van der Waals surface area contributed by atoms with Crippen LogP contribution in [0.4, 0.5) is 0 Å². The van der Waals surface area contributed by atoms with Gasteiger partial charge in [0.15, 0.2) is 0 Å². The summed E-state index contributed by atoms with van der Waals surface area (Å²) in [5.74, 6) is -0.960. The number of carboxylic acid groups (broad SMARTS) is 1. The van der Waals surface area contributed by atoms with E-state index in [9.17, 15) is 9.59 Å². The fourth-order valence-corrected chi connectivity index (χ4v) is 2.99. The molecule has 0 spiro atoms. The number of carbonyl (C=O) groups excluding carboxylic acids is 1. The quantitative estimate of drug-likeness (QED) is 0.609. The zero-order valence-corrected chi connectivity index (χ0v) is 14.3. The minimum atomic E-state index is -0.961. The van der Waals surface area contributed by atoms with Crippen LogP contribution < -0.4 is 0 Å². The lowest BCUT2D eigenvalue weighted by atomic mass is 10.0. The van der Waals surface area contributed by atoms with Gasteiger partial charge < -0.3 is 14.7 Å². The maximum Gasteiger partial charge on any atom is 0.339 e. The molecule has 1 aliphatic heterocycles. The molecule has 0 radical (unpaired) electrons. The SMILES string of the molecule is C=CCCOC(C)C(=O)N1CCC(n2ncc(C(=O)O)c2C)CC1. The highest BCUT2D eigenvalue weighted by Gasteiger charge is 2.28. The fraction of sp³-hybridized carbons (Fsp3) is 0.588. The van der Waals surface area contributed by atoms with E-state index in [1.807, 2.05) is 4.90 Å². The van der Waals surface area contributed by atoms with E-state index in [0.717, 1.165) is 19.3 Å². The lowest BCUT2D eigenvalue weighted by Crippen LogP contribution is -2.44. The van der Waals surface area contributed by atoms with Crippen LogP contribution in [0.3, 0.4) is 0 Å². The van der Waals surface area contributed by atoms with Gasteiger partial charge in [0.05, 0.1) is 24.5 Å². The number of aromatic carboxylic acids is 1. The lowest BCUT2D eigenvalue weighted by Gasteiger charge is -2.34. The average Bonchev–Trinajstić information content (AvgIpc) is 2.96. The highest BCUT2D eigenvalue weighted by atomic mass is 16.5. The normalized spacial score (nSPS) is 16.8. The van der Waals surface area contributed by atoms with E-state index in [-0.39, 0.29) is 17.5 Å². The lowest BCUT2D eigenvalue weighted by molar-refractivity contribution is -0.143. The second kappa shape index (κ2) is 8.10. The molecule has 1 aromatic rings. The first-order valence-corrected chi connectivity index (χ1v) is 8.24. The molecule has 7 nitrogen and oxygen atoms in total. The summed E-state index contributed by atoms with van der Waals surface area (Å²) in [7, 11) is 0. The third-order valence-electron chi connectivity index (χ3n) is 4.43. The van der Waals surface area contributed by atoms with E-state index in [0.29, 0.717) is 25.4 Å². The summed E-state index contributed by atoms with van der Waals surface area (Å²) in [6.07, 6.45) is 4.95. The maximum absolute atomic E-state index is 12.4. The molecular formula is C17H25N3O4. The third kappa shape index (κ3) is 4.03. The molecule has 132 valence electrons. The first-order valence-electron chi connectivity index (χ1n) is 8.24. The van der Waals surface area contributed by atoms with Crippen molar-refractivity contribution in [3.63, 3.8) is 0 Å². The molecule has 0 saturated carbocycles. The van der Waals surface area contributed by atoms with E-state index < -0.39 is 12.1 Å². The van der Waals surface area contributed by atoms with Crippen molar-refractivity contribution in [1.29, 1.82) is 0 Å². The van der Waals surface area contributed by atoms with Gasteiger partial charge in [0.25, 0.3) is 5.91 Å². The Morgan fingerprint density at radius 1 is 1.50 bits per heavy atom. The van der Waals surface area contributed by atoms with E-state index in [1.54, 1.807) is 24.6 Å². The number of hydrogen-bond acceptors (Lipinski definition) is 4. The summed E-state index contributed by atoms with van der Waals surface area (Å²) >= 11 is 0. The van der Waals surface area contributed by atoms with Crippen LogP contribution in [0, 0.1) is 6.92 Å². The van der Waals surface area contributed by atoms with Crippen molar-refractivity contribution in [2.45, 2.75) is 45.3 Å². The van der Waals surface area contributed by atoms with Gasteiger partial charge in [-0.1, -0.05) is 6.08 Å². The van der Waals surface area contributed by atoms with E-state index >= 15 is 0 Å². The van der Waals surface area contributed by atoms with Gasteiger partial charge in [-0.25, -0.2) is 4.79 Å². The van der Waals surface area contributed by atoms with Crippen molar-refractivity contribution in [3.05, 3.63) is 30.1 Å². The number of rotatable bonds is 7. The van der Waals surface area contributed by atoms with Crippen molar-refractivity contribution in [1.82, 2.24) is 14.7 Å². The summed E-state index contributed by atoms with van der Waals surface area (Å²) in [6.45, 7) is 8.92. The van der Waals surface area contributed by atoms with Gasteiger partial charge >= 0.3 is 5.97 Å². The molecule has 1 aromatic heterocycles. The molecule has 1 aliphatic rings. The summed E-state index contributed by atoms with van der Waals surface area (Å²) in [6, 6.07) is 0.124. The van der Waals surface area contributed by atoms with Gasteiger partial charge in [-0.3, -0.25) is 9.48 Å². The topological polar surface area (TPSA) is 84.7 Å². The molecule has 7 heteroatoms. The second-order valence-electron chi connectivity index (χ2n) is 6.04. The molecule has 0 aliphatic carbocycles. The van der Waals surface area contributed by atoms with Crippen LogP contribution in [0.15, 0.2) is 18.9 Å². The van der Waals surface area contributed by atoms with Gasteiger partial charge in [-0.05, 0) is 33.1 Å². The third-order valence-corrected chi connectivity index (χ3v) is 4.43. The zero-order valence-electron chi connectivity index (χ0n) is 14.3. The molecule has 0 aromatic carbocycles. The Kier molecular flexibility index (Phi) is 6.14. The summed E-state index contributed by atoms with van der Waals surface area (Å²) in [4.78, 5) is 25.3. The molecule has 24 heavy (non-hydrogen) atoms. The number of hydrogen-bond donors (Lipinski definition) is 1. The number of carboxylic acids is 1. The van der Waals surface area contributed by atoms with E-state index in [2.05, 4.69) is 11.7 Å². The highest BCUT2D eigenvalue weighted by molar-refractivity contribution is 5.88. The molecule has 1 unspecified atom stereocenters. The number of aromatic nitrogens is 2. The van der Waals surface area contributed by atoms with Crippen LogP contribution in [0.5, 0.6) is 0 Å². The van der Waals surface area contributed by atoms with Gasteiger partial charge in [0, 0.05) is 13.1 Å². The molecule has 1 N–H and O–H groups in total. The predicted octanol–water partition coefficient (Wildman–Crippen LogP) is 2.03. The molecule has 2 heterocycles. The Bertz CT molecular complexity index is 603. The van der Waals surface area contributed by atoms with Crippen LogP contribution >= 0.6 is 0 Å². The molecule has 1 fully saturated rings. The Morgan fingerprint density at radius 3 is 2.71 bits per heavy atom. The van der Waals surface area contributed by atoms with Crippen molar-refractivity contribution in [2.24, 2.45) is 0 Å². The van der Waals surface area contributed by atoms with Crippen LogP contribution in [-0.4, -0.2) is 57.5 Å². The van der Waals surface area contributed by atoms with Crippen molar-refractivity contribution in [3.8, 4) is 0 Å². The largest absolute Gasteiger partial charge is 0.478 e.